The van der Waals surface area contributed by atoms with Gasteiger partial charge in [0.2, 0.25) is 0 Å². The molecule has 0 spiro atoms. The number of amides is 1. The zero-order valence-corrected chi connectivity index (χ0v) is 15.2. The average Bonchev–Trinajstić information content (AvgIpc) is 3.20. The Morgan fingerprint density at radius 1 is 1.26 bits per heavy atom. The van der Waals surface area contributed by atoms with Crippen molar-refractivity contribution in [2.45, 2.75) is 25.9 Å². The molecule has 27 heavy (non-hydrogen) atoms. The van der Waals surface area contributed by atoms with Crippen LogP contribution in [0.1, 0.15) is 28.8 Å². The van der Waals surface area contributed by atoms with E-state index in [4.69, 9.17) is 10.5 Å². The standard InChI is InChI=1S/C21H22N4O2/c1-13-4-5-15(21(26)23-11-16-3-2-8-27-16)10-17(13)14-6-7-19-18(9-14)20(22)25-12-24-19/h4-7,9-10,12,16H,2-3,8,11H2,1H3,(H,23,26)(H2,22,24,25). The van der Waals surface area contributed by atoms with E-state index in [9.17, 15) is 4.79 Å². The van der Waals surface area contributed by atoms with Crippen LogP contribution in [0.4, 0.5) is 5.82 Å². The van der Waals surface area contributed by atoms with E-state index in [1.54, 1.807) is 0 Å². The van der Waals surface area contributed by atoms with Gasteiger partial charge >= 0.3 is 0 Å². The van der Waals surface area contributed by atoms with E-state index in [1.165, 1.54) is 6.33 Å². The predicted octanol–water partition coefficient (Wildman–Crippen LogP) is 3.10. The van der Waals surface area contributed by atoms with Crippen molar-refractivity contribution < 1.29 is 9.53 Å². The third-order valence-electron chi connectivity index (χ3n) is 4.99. The SMILES string of the molecule is Cc1ccc(C(=O)NCC2CCCO2)cc1-c1ccc2ncnc(N)c2c1. The van der Waals surface area contributed by atoms with Crippen molar-refractivity contribution in [3.05, 3.63) is 53.9 Å². The molecule has 6 nitrogen and oxygen atoms in total. The molecule has 3 aromatic rings. The van der Waals surface area contributed by atoms with Crippen molar-refractivity contribution in [1.82, 2.24) is 15.3 Å². The van der Waals surface area contributed by atoms with Gasteiger partial charge in [-0.25, -0.2) is 9.97 Å². The number of carbonyl (C=O) groups excluding carboxylic acids is 1. The molecule has 1 amide bonds. The number of rotatable bonds is 4. The number of hydrogen-bond donors (Lipinski definition) is 2. The summed E-state index contributed by atoms with van der Waals surface area (Å²) in [7, 11) is 0. The first-order valence-electron chi connectivity index (χ1n) is 9.13. The van der Waals surface area contributed by atoms with Crippen LogP contribution in [0.25, 0.3) is 22.0 Å². The lowest BCUT2D eigenvalue weighted by Gasteiger charge is -2.13. The molecule has 2 aromatic carbocycles. The van der Waals surface area contributed by atoms with Gasteiger partial charge in [0.25, 0.3) is 5.91 Å². The van der Waals surface area contributed by atoms with Gasteiger partial charge in [-0.3, -0.25) is 4.79 Å². The minimum Gasteiger partial charge on any atom is -0.383 e. The minimum absolute atomic E-state index is 0.0876. The number of hydrogen-bond acceptors (Lipinski definition) is 5. The summed E-state index contributed by atoms with van der Waals surface area (Å²) in [4.78, 5) is 20.9. The molecule has 0 bridgehead atoms. The third-order valence-corrected chi connectivity index (χ3v) is 4.99. The number of aryl methyl sites for hydroxylation is 1. The van der Waals surface area contributed by atoms with Gasteiger partial charge in [-0.15, -0.1) is 0 Å². The monoisotopic (exact) mass is 362 g/mol. The van der Waals surface area contributed by atoms with Gasteiger partial charge in [0.1, 0.15) is 12.1 Å². The summed E-state index contributed by atoms with van der Waals surface area (Å²) < 4.78 is 5.57. The number of aromatic nitrogens is 2. The van der Waals surface area contributed by atoms with Crippen molar-refractivity contribution in [2.75, 3.05) is 18.9 Å². The average molecular weight is 362 g/mol. The van der Waals surface area contributed by atoms with Crippen LogP contribution in [0.5, 0.6) is 0 Å². The van der Waals surface area contributed by atoms with Crippen LogP contribution in [0.2, 0.25) is 0 Å². The summed E-state index contributed by atoms with van der Waals surface area (Å²) in [6.45, 7) is 3.36. The molecule has 0 aliphatic carbocycles. The molecule has 1 fully saturated rings. The molecule has 1 saturated heterocycles. The Kier molecular flexibility index (Phi) is 4.73. The zero-order chi connectivity index (χ0) is 18.8. The second kappa shape index (κ2) is 7.32. The van der Waals surface area contributed by atoms with Gasteiger partial charge < -0.3 is 15.8 Å². The van der Waals surface area contributed by atoms with E-state index in [1.807, 2.05) is 43.3 Å². The van der Waals surface area contributed by atoms with Gasteiger partial charge in [0.15, 0.2) is 0 Å². The molecule has 1 aromatic heterocycles. The van der Waals surface area contributed by atoms with E-state index in [-0.39, 0.29) is 12.0 Å². The Labute approximate surface area is 157 Å². The van der Waals surface area contributed by atoms with Crippen LogP contribution < -0.4 is 11.1 Å². The maximum absolute atomic E-state index is 12.6. The summed E-state index contributed by atoms with van der Waals surface area (Å²) >= 11 is 0. The number of anilines is 1. The van der Waals surface area contributed by atoms with Gasteiger partial charge in [0, 0.05) is 24.1 Å². The lowest BCUT2D eigenvalue weighted by atomic mass is 9.96. The number of nitrogen functional groups attached to an aromatic ring is 1. The number of nitrogens with zero attached hydrogens (tertiary/aromatic N) is 2. The molecule has 2 heterocycles. The fourth-order valence-electron chi connectivity index (χ4n) is 3.43. The highest BCUT2D eigenvalue weighted by molar-refractivity contribution is 5.97. The highest BCUT2D eigenvalue weighted by atomic mass is 16.5. The first-order valence-corrected chi connectivity index (χ1v) is 9.13. The molecular weight excluding hydrogens is 340 g/mol. The predicted molar refractivity (Wildman–Crippen MR) is 105 cm³/mol. The molecular formula is C21H22N4O2. The fourth-order valence-corrected chi connectivity index (χ4v) is 3.43. The lowest BCUT2D eigenvalue weighted by Crippen LogP contribution is -2.31. The van der Waals surface area contributed by atoms with Gasteiger partial charge in [-0.2, -0.15) is 0 Å². The summed E-state index contributed by atoms with van der Waals surface area (Å²) in [6.07, 6.45) is 3.65. The second-order valence-corrected chi connectivity index (χ2v) is 6.87. The fraction of sp³-hybridized carbons (Fsp3) is 0.286. The number of ether oxygens (including phenoxy) is 1. The maximum atomic E-state index is 12.6. The normalized spacial score (nSPS) is 16.6. The topological polar surface area (TPSA) is 90.1 Å². The first kappa shape index (κ1) is 17.4. The smallest absolute Gasteiger partial charge is 0.251 e. The van der Waals surface area contributed by atoms with Crippen molar-refractivity contribution >= 4 is 22.6 Å². The van der Waals surface area contributed by atoms with E-state index in [2.05, 4.69) is 15.3 Å². The van der Waals surface area contributed by atoms with E-state index < -0.39 is 0 Å². The highest BCUT2D eigenvalue weighted by Gasteiger charge is 2.17. The van der Waals surface area contributed by atoms with Crippen LogP contribution in [-0.2, 0) is 4.74 Å². The number of nitrogens with one attached hydrogen (secondary N) is 1. The quantitative estimate of drug-likeness (QED) is 0.744. The number of carbonyl (C=O) groups is 1. The molecule has 1 unspecified atom stereocenters. The second-order valence-electron chi connectivity index (χ2n) is 6.87. The Balaban J connectivity index is 1.62. The van der Waals surface area contributed by atoms with Crippen LogP contribution in [0.3, 0.4) is 0 Å². The summed E-state index contributed by atoms with van der Waals surface area (Å²) in [6, 6.07) is 11.6. The van der Waals surface area contributed by atoms with Crippen LogP contribution in [0, 0.1) is 6.92 Å². The molecule has 4 rings (SSSR count). The molecule has 0 radical (unpaired) electrons. The van der Waals surface area contributed by atoms with E-state index in [0.717, 1.165) is 47.0 Å². The molecule has 0 saturated carbocycles. The Bertz CT molecular complexity index is 997. The minimum atomic E-state index is -0.0876. The summed E-state index contributed by atoms with van der Waals surface area (Å²) in [5, 5.41) is 3.78. The molecule has 1 aliphatic heterocycles. The summed E-state index contributed by atoms with van der Waals surface area (Å²) in [5.74, 6) is 0.361. The van der Waals surface area contributed by atoms with Crippen LogP contribution in [-0.4, -0.2) is 35.1 Å². The van der Waals surface area contributed by atoms with Crippen LogP contribution in [0.15, 0.2) is 42.7 Å². The van der Waals surface area contributed by atoms with E-state index in [0.29, 0.717) is 17.9 Å². The third kappa shape index (κ3) is 3.61. The van der Waals surface area contributed by atoms with E-state index >= 15 is 0 Å². The molecule has 6 heteroatoms. The number of fused-ring (bicyclic) bond motifs is 1. The van der Waals surface area contributed by atoms with Gasteiger partial charge in [-0.05, 0) is 60.7 Å². The molecule has 1 atom stereocenters. The molecule has 3 N–H and O–H groups in total. The van der Waals surface area contributed by atoms with Crippen molar-refractivity contribution in [3.8, 4) is 11.1 Å². The maximum Gasteiger partial charge on any atom is 0.251 e. The molecule has 138 valence electrons. The van der Waals surface area contributed by atoms with Crippen molar-refractivity contribution in [2.24, 2.45) is 0 Å². The lowest BCUT2D eigenvalue weighted by molar-refractivity contribution is 0.0858. The molecule has 1 aliphatic rings. The zero-order valence-electron chi connectivity index (χ0n) is 15.2. The Morgan fingerprint density at radius 3 is 2.96 bits per heavy atom. The van der Waals surface area contributed by atoms with Crippen LogP contribution >= 0.6 is 0 Å². The number of nitrogens with two attached hydrogens (primary N) is 1. The van der Waals surface area contributed by atoms with Crippen molar-refractivity contribution in [3.63, 3.8) is 0 Å². The summed E-state index contributed by atoms with van der Waals surface area (Å²) in [5.41, 5.74) is 10.5. The largest absolute Gasteiger partial charge is 0.383 e. The Hall–Kier alpha value is -2.99. The van der Waals surface area contributed by atoms with Gasteiger partial charge in [-0.1, -0.05) is 12.1 Å². The Morgan fingerprint density at radius 2 is 2.15 bits per heavy atom. The van der Waals surface area contributed by atoms with Crippen molar-refractivity contribution in [1.29, 1.82) is 0 Å². The first-order chi connectivity index (χ1) is 13.1. The van der Waals surface area contributed by atoms with Gasteiger partial charge in [0.05, 0.1) is 11.6 Å². The highest BCUT2D eigenvalue weighted by Crippen LogP contribution is 2.29. The number of benzene rings is 2.